The molecule has 4 nitrogen and oxygen atoms in total. The van der Waals surface area contributed by atoms with Crippen molar-refractivity contribution in [3.63, 3.8) is 0 Å². The molecule has 0 aromatic heterocycles. The fourth-order valence-corrected chi connectivity index (χ4v) is 2.91. The van der Waals surface area contributed by atoms with E-state index in [9.17, 15) is 4.79 Å². The molecule has 4 heteroatoms. The van der Waals surface area contributed by atoms with E-state index in [4.69, 9.17) is 4.74 Å². The van der Waals surface area contributed by atoms with Crippen LogP contribution in [0.2, 0.25) is 0 Å². The Balaban J connectivity index is 2.02. The molecule has 1 aliphatic heterocycles. The minimum atomic E-state index is -0.0253. The zero-order valence-corrected chi connectivity index (χ0v) is 13.5. The van der Waals surface area contributed by atoms with Crippen molar-refractivity contribution in [2.45, 2.75) is 39.7 Å². The largest absolute Gasteiger partial charge is 0.495 e. The highest BCUT2D eigenvalue weighted by atomic mass is 16.5. The Bertz CT molecular complexity index is 494. The highest BCUT2D eigenvalue weighted by molar-refractivity contribution is 5.95. The van der Waals surface area contributed by atoms with Crippen LogP contribution in [0, 0.1) is 12.8 Å². The van der Waals surface area contributed by atoms with Crippen LogP contribution in [0.4, 0.5) is 5.69 Å². The van der Waals surface area contributed by atoms with Crippen molar-refractivity contribution in [3.05, 3.63) is 23.8 Å². The zero-order chi connectivity index (χ0) is 15.4. The number of likely N-dealkylation sites (tertiary alicyclic amines) is 1. The molecule has 21 heavy (non-hydrogen) atoms. The third-order valence-electron chi connectivity index (χ3n) is 4.54. The molecule has 116 valence electrons. The van der Waals surface area contributed by atoms with E-state index in [1.165, 1.54) is 17.7 Å². The summed E-state index contributed by atoms with van der Waals surface area (Å²) < 4.78 is 5.32. The number of nitrogens with one attached hydrogen (secondary N) is 2. The summed E-state index contributed by atoms with van der Waals surface area (Å²) in [6, 6.07) is 5.81. The smallest absolute Gasteiger partial charge is 0.282 e. The molecular weight excluding hydrogens is 264 g/mol. The lowest BCUT2D eigenvalue weighted by atomic mass is 9.98. The number of aryl methyl sites for hydroxylation is 1. The van der Waals surface area contributed by atoms with Gasteiger partial charge in [0.1, 0.15) is 5.75 Å². The number of hydrogen-bond donors (Lipinski definition) is 2. The lowest BCUT2D eigenvalue weighted by Crippen LogP contribution is -3.17. The topological polar surface area (TPSA) is 42.8 Å². The van der Waals surface area contributed by atoms with E-state index >= 15 is 0 Å². The summed E-state index contributed by atoms with van der Waals surface area (Å²) in [4.78, 5) is 13.9. The number of rotatable bonds is 4. The fraction of sp³-hybridized carbons (Fsp3) is 0.588. The number of amides is 1. The molecule has 0 spiro atoms. The minimum Gasteiger partial charge on any atom is -0.495 e. The van der Waals surface area contributed by atoms with Crippen LogP contribution in [0.5, 0.6) is 5.75 Å². The molecule has 1 saturated heterocycles. The summed E-state index contributed by atoms with van der Waals surface area (Å²) in [6.07, 6.45) is 2.42. The Labute approximate surface area is 127 Å². The molecule has 1 aliphatic rings. The molecule has 2 N–H and O–H groups in total. The first kappa shape index (κ1) is 15.8. The predicted molar refractivity (Wildman–Crippen MR) is 84.9 cm³/mol. The van der Waals surface area contributed by atoms with Gasteiger partial charge in [-0.05, 0) is 50.3 Å². The van der Waals surface area contributed by atoms with Gasteiger partial charge in [0.25, 0.3) is 5.91 Å². The maximum absolute atomic E-state index is 12.5. The standard InChI is InChI=1S/C17H26N2O2/c1-12-7-9-19(10-8-12)14(3)17(20)18-15-11-13(2)5-6-16(15)21-4/h5-6,11-12,14H,7-10H2,1-4H3,(H,18,20)/p+1/t14-/m0/s1. The maximum atomic E-state index is 12.5. The lowest BCUT2D eigenvalue weighted by Gasteiger charge is -2.31. The first-order valence-corrected chi connectivity index (χ1v) is 7.81. The number of methoxy groups -OCH3 is 1. The molecule has 0 saturated carbocycles. The van der Waals surface area contributed by atoms with Crippen molar-refractivity contribution in [3.8, 4) is 5.75 Å². The Kier molecular flexibility index (Phi) is 5.23. The highest BCUT2D eigenvalue weighted by Crippen LogP contribution is 2.25. The van der Waals surface area contributed by atoms with E-state index in [1.807, 2.05) is 32.0 Å². The van der Waals surface area contributed by atoms with Gasteiger partial charge in [-0.3, -0.25) is 4.79 Å². The molecule has 2 rings (SSSR count). The minimum absolute atomic E-state index is 0.0253. The number of benzene rings is 1. The van der Waals surface area contributed by atoms with E-state index in [-0.39, 0.29) is 11.9 Å². The Morgan fingerprint density at radius 1 is 1.38 bits per heavy atom. The first-order chi connectivity index (χ1) is 10.0. The molecule has 0 radical (unpaired) electrons. The Hall–Kier alpha value is -1.55. The van der Waals surface area contributed by atoms with Crippen LogP contribution < -0.4 is 15.0 Å². The van der Waals surface area contributed by atoms with Crippen molar-refractivity contribution in [1.29, 1.82) is 0 Å². The average Bonchev–Trinajstić information content (AvgIpc) is 2.47. The van der Waals surface area contributed by atoms with Crippen LogP contribution in [0.15, 0.2) is 18.2 Å². The number of ether oxygens (including phenoxy) is 1. The Morgan fingerprint density at radius 2 is 2.05 bits per heavy atom. The Morgan fingerprint density at radius 3 is 2.67 bits per heavy atom. The molecule has 1 atom stereocenters. The van der Waals surface area contributed by atoms with Gasteiger partial charge in [-0.2, -0.15) is 0 Å². The van der Waals surface area contributed by atoms with Crippen molar-refractivity contribution in [2.75, 3.05) is 25.5 Å². The second-order valence-corrected chi connectivity index (χ2v) is 6.26. The van der Waals surface area contributed by atoms with Crippen molar-refractivity contribution < 1.29 is 14.4 Å². The van der Waals surface area contributed by atoms with Gasteiger partial charge in [-0.1, -0.05) is 13.0 Å². The van der Waals surface area contributed by atoms with Crippen LogP contribution in [0.1, 0.15) is 32.3 Å². The first-order valence-electron chi connectivity index (χ1n) is 7.81. The van der Waals surface area contributed by atoms with Gasteiger partial charge >= 0.3 is 0 Å². The van der Waals surface area contributed by atoms with Gasteiger partial charge in [-0.25, -0.2) is 0 Å². The quantitative estimate of drug-likeness (QED) is 0.886. The molecule has 1 aromatic rings. The van der Waals surface area contributed by atoms with Crippen LogP contribution in [-0.4, -0.2) is 32.1 Å². The fourth-order valence-electron chi connectivity index (χ4n) is 2.91. The van der Waals surface area contributed by atoms with E-state index in [2.05, 4.69) is 12.2 Å². The van der Waals surface area contributed by atoms with E-state index < -0.39 is 0 Å². The van der Waals surface area contributed by atoms with Gasteiger partial charge < -0.3 is 15.0 Å². The van der Waals surface area contributed by atoms with Crippen LogP contribution in [-0.2, 0) is 4.79 Å². The van der Waals surface area contributed by atoms with Gasteiger partial charge in [0.2, 0.25) is 0 Å². The molecule has 0 aliphatic carbocycles. The van der Waals surface area contributed by atoms with E-state index in [0.29, 0.717) is 5.75 Å². The molecule has 1 heterocycles. The van der Waals surface area contributed by atoms with Gasteiger partial charge in [0, 0.05) is 0 Å². The molecule has 1 aromatic carbocycles. The van der Waals surface area contributed by atoms with E-state index in [1.54, 1.807) is 7.11 Å². The number of carbonyl (C=O) groups excluding carboxylic acids is 1. The van der Waals surface area contributed by atoms with Crippen LogP contribution in [0.3, 0.4) is 0 Å². The summed E-state index contributed by atoms with van der Waals surface area (Å²) in [7, 11) is 1.63. The second-order valence-electron chi connectivity index (χ2n) is 6.26. The predicted octanol–water partition coefficient (Wildman–Crippen LogP) is 1.65. The molecule has 1 fully saturated rings. The number of carbonyl (C=O) groups is 1. The third-order valence-corrected chi connectivity index (χ3v) is 4.54. The summed E-state index contributed by atoms with van der Waals surface area (Å²) in [6.45, 7) is 8.49. The lowest BCUT2D eigenvalue weighted by molar-refractivity contribution is -0.919. The summed E-state index contributed by atoms with van der Waals surface area (Å²) in [5.41, 5.74) is 1.87. The summed E-state index contributed by atoms with van der Waals surface area (Å²) in [5, 5.41) is 3.03. The summed E-state index contributed by atoms with van der Waals surface area (Å²) in [5.74, 6) is 1.58. The van der Waals surface area contributed by atoms with Gasteiger partial charge in [-0.15, -0.1) is 0 Å². The highest BCUT2D eigenvalue weighted by Gasteiger charge is 2.29. The maximum Gasteiger partial charge on any atom is 0.282 e. The van der Waals surface area contributed by atoms with Crippen LogP contribution in [0.25, 0.3) is 0 Å². The number of hydrogen-bond acceptors (Lipinski definition) is 2. The molecule has 0 bridgehead atoms. The number of anilines is 1. The molecule has 0 unspecified atom stereocenters. The SMILES string of the molecule is COc1ccc(C)cc1NC(=O)[C@H](C)[NH+]1CCC(C)CC1. The molecule has 1 amide bonds. The van der Waals surface area contributed by atoms with Crippen molar-refractivity contribution >= 4 is 11.6 Å². The van der Waals surface area contributed by atoms with Gasteiger partial charge in [0.15, 0.2) is 6.04 Å². The van der Waals surface area contributed by atoms with Crippen molar-refractivity contribution in [2.24, 2.45) is 5.92 Å². The zero-order valence-electron chi connectivity index (χ0n) is 13.5. The number of piperidine rings is 1. The monoisotopic (exact) mass is 291 g/mol. The third kappa shape index (κ3) is 3.97. The van der Waals surface area contributed by atoms with Gasteiger partial charge in [0.05, 0.1) is 25.9 Å². The average molecular weight is 291 g/mol. The summed E-state index contributed by atoms with van der Waals surface area (Å²) >= 11 is 0. The molecular formula is C17H27N2O2+. The van der Waals surface area contributed by atoms with Crippen molar-refractivity contribution in [1.82, 2.24) is 0 Å². The van der Waals surface area contributed by atoms with E-state index in [0.717, 1.165) is 30.3 Å². The van der Waals surface area contributed by atoms with Crippen LogP contribution >= 0.6 is 0 Å². The number of quaternary nitrogens is 1. The second kappa shape index (κ2) is 6.94. The normalized spacial score (nSPS) is 23.4.